The Morgan fingerprint density at radius 1 is 1.36 bits per heavy atom. The quantitative estimate of drug-likeness (QED) is 0.619. The molecule has 0 atom stereocenters. The molecule has 0 N–H and O–H groups in total. The molecular formula is C10H11N3O. The SMILES string of the molecule is Cc1cc2ncn(C)c(=O)c2nc1C. The zero-order valence-electron chi connectivity index (χ0n) is 8.40. The van der Waals surface area contributed by atoms with Crippen LogP contribution in [0.5, 0.6) is 0 Å². The first-order valence-corrected chi connectivity index (χ1v) is 4.39. The number of hydrogen-bond donors (Lipinski definition) is 0. The molecule has 2 aromatic heterocycles. The summed E-state index contributed by atoms with van der Waals surface area (Å²) in [5.74, 6) is 0. The van der Waals surface area contributed by atoms with Crippen molar-refractivity contribution >= 4 is 11.0 Å². The molecule has 0 saturated carbocycles. The van der Waals surface area contributed by atoms with E-state index in [0.29, 0.717) is 11.0 Å². The van der Waals surface area contributed by atoms with Gasteiger partial charge < -0.3 is 4.57 Å². The summed E-state index contributed by atoms with van der Waals surface area (Å²) in [6.45, 7) is 3.85. The van der Waals surface area contributed by atoms with Gasteiger partial charge in [-0.15, -0.1) is 0 Å². The maximum absolute atomic E-state index is 11.7. The highest BCUT2D eigenvalue weighted by Gasteiger charge is 2.05. The molecule has 0 spiro atoms. The molecular weight excluding hydrogens is 178 g/mol. The zero-order valence-corrected chi connectivity index (χ0v) is 8.40. The van der Waals surface area contributed by atoms with Crippen LogP contribution in [0.15, 0.2) is 17.2 Å². The Morgan fingerprint density at radius 2 is 2.07 bits per heavy atom. The van der Waals surface area contributed by atoms with Gasteiger partial charge in [0, 0.05) is 12.7 Å². The van der Waals surface area contributed by atoms with Gasteiger partial charge in [0.25, 0.3) is 5.56 Å². The highest BCUT2D eigenvalue weighted by Crippen LogP contribution is 2.09. The average Bonchev–Trinajstić information content (AvgIpc) is 2.15. The Balaban J connectivity index is 2.97. The van der Waals surface area contributed by atoms with Crippen molar-refractivity contribution < 1.29 is 0 Å². The Kier molecular flexibility index (Phi) is 1.84. The molecule has 72 valence electrons. The molecule has 0 fully saturated rings. The smallest absolute Gasteiger partial charge is 0.279 e. The lowest BCUT2D eigenvalue weighted by molar-refractivity contribution is 0.837. The minimum absolute atomic E-state index is 0.0990. The molecule has 0 amide bonds. The molecule has 0 aliphatic heterocycles. The number of aromatic nitrogens is 3. The molecule has 0 bridgehead atoms. The van der Waals surface area contributed by atoms with Gasteiger partial charge in [0.1, 0.15) is 0 Å². The van der Waals surface area contributed by atoms with Gasteiger partial charge in [-0.25, -0.2) is 9.97 Å². The Labute approximate surface area is 81.2 Å². The first-order chi connectivity index (χ1) is 6.59. The van der Waals surface area contributed by atoms with Gasteiger partial charge in [-0.3, -0.25) is 4.79 Å². The van der Waals surface area contributed by atoms with E-state index < -0.39 is 0 Å². The normalized spacial score (nSPS) is 10.8. The average molecular weight is 189 g/mol. The molecule has 2 rings (SSSR count). The van der Waals surface area contributed by atoms with E-state index in [9.17, 15) is 4.79 Å². The Hall–Kier alpha value is -1.71. The van der Waals surface area contributed by atoms with Crippen LogP contribution in [0, 0.1) is 13.8 Å². The van der Waals surface area contributed by atoms with Gasteiger partial charge in [-0.05, 0) is 25.5 Å². The van der Waals surface area contributed by atoms with Crippen molar-refractivity contribution in [2.24, 2.45) is 7.05 Å². The van der Waals surface area contributed by atoms with Crippen LogP contribution in [0.4, 0.5) is 0 Å². The molecule has 0 unspecified atom stereocenters. The zero-order chi connectivity index (χ0) is 10.3. The van der Waals surface area contributed by atoms with Crippen LogP contribution in [0.2, 0.25) is 0 Å². The Morgan fingerprint density at radius 3 is 2.79 bits per heavy atom. The number of pyridine rings is 1. The fraction of sp³-hybridized carbons (Fsp3) is 0.300. The van der Waals surface area contributed by atoms with E-state index in [4.69, 9.17) is 0 Å². The standard InChI is InChI=1S/C10H11N3O/c1-6-4-8-9(12-7(6)2)10(14)13(3)5-11-8/h4-5H,1-3H3. The second kappa shape index (κ2) is 2.90. The number of hydrogen-bond acceptors (Lipinski definition) is 3. The van der Waals surface area contributed by atoms with Crippen LogP contribution in [-0.4, -0.2) is 14.5 Å². The van der Waals surface area contributed by atoms with E-state index in [2.05, 4.69) is 9.97 Å². The van der Waals surface area contributed by atoms with Crippen molar-refractivity contribution in [3.05, 3.63) is 34.0 Å². The van der Waals surface area contributed by atoms with Crippen molar-refractivity contribution in [3.8, 4) is 0 Å². The number of aryl methyl sites for hydroxylation is 3. The van der Waals surface area contributed by atoms with Crippen molar-refractivity contribution in [2.75, 3.05) is 0 Å². The molecule has 2 aromatic rings. The fourth-order valence-corrected chi connectivity index (χ4v) is 1.32. The first-order valence-electron chi connectivity index (χ1n) is 4.39. The number of fused-ring (bicyclic) bond motifs is 1. The summed E-state index contributed by atoms with van der Waals surface area (Å²) in [7, 11) is 1.67. The van der Waals surface area contributed by atoms with Gasteiger partial charge in [0.15, 0.2) is 5.52 Å². The summed E-state index contributed by atoms with van der Waals surface area (Å²) in [5.41, 5.74) is 2.94. The second-order valence-electron chi connectivity index (χ2n) is 3.42. The van der Waals surface area contributed by atoms with Crippen molar-refractivity contribution in [2.45, 2.75) is 13.8 Å². The maximum atomic E-state index is 11.7. The summed E-state index contributed by atoms with van der Waals surface area (Å²) < 4.78 is 1.43. The minimum Gasteiger partial charge on any atom is -0.301 e. The van der Waals surface area contributed by atoms with Crippen molar-refractivity contribution in [1.82, 2.24) is 14.5 Å². The molecule has 14 heavy (non-hydrogen) atoms. The number of rotatable bonds is 0. The molecule has 4 heteroatoms. The third kappa shape index (κ3) is 1.19. The lowest BCUT2D eigenvalue weighted by Gasteiger charge is -2.02. The molecule has 2 heterocycles. The van der Waals surface area contributed by atoms with Crippen LogP contribution < -0.4 is 5.56 Å². The predicted molar refractivity (Wildman–Crippen MR) is 54.3 cm³/mol. The molecule has 0 radical (unpaired) electrons. The van der Waals surface area contributed by atoms with Crippen LogP contribution in [-0.2, 0) is 7.05 Å². The monoisotopic (exact) mass is 189 g/mol. The molecule has 0 aliphatic rings. The van der Waals surface area contributed by atoms with Crippen molar-refractivity contribution in [1.29, 1.82) is 0 Å². The van der Waals surface area contributed by atoms with E-state index in [0.717, 1.165) is 11.3 Å². The van der Waals surface area contributed by atoms with E-state index in [1.807, 2.05) is 19.9 Å². The summed E-state index contributed by atoms with van der Waals surface area (Å²) in [4.78, 5) is 20.0. The summed E-state index contributed by atoms with van der Waals surface area (Å²) in [5, 5.41) is 0. The van der Waals surface area contributed by atoms with Gasteiger partial charge in [0.05, 0.1) is 11.8 Å². The van der Waals surface area contributed by atoms with Gasteiger partial charge in [-0.1, -0.05) is 0 Å². The van der Waals surface area contributed by atoms with Crippen LogP contribution in [0.25, 0.3) is 11.0 Å². The predicted octanol–water partition coefficient (Wildman–Crippen LogP) is 0.945. The summed E-state index contributed by atoms with van der Waals surface area (Å²) in [6, 6.07) is 1.89. The van der Waals surface area contributed by atoms with E-state index in [1.54, 1.807) is 7.05 Å². The van der Waals surface area contributed by atoms with Gasteiger partial charge in [0.2, 0.25) is 0 Å². The fourth-order valence-electron chi connectivity index (χ4n) is 1.32. The van der Waals surface area contributed by atoms with E-state index >= 15 is 0 Å². The molecule has 0 aliphatic carbocycles. The van der Waals surface area contributed by atoms with Crippen LogP contribution in [0.1, 0.15) is 11.3 Å². The lowest BCUT2D eigenvalue weighted by atomic mass is 10.2. The molecule has 0 aromatic carbocycles. The second-order valence-corrected chi connectivity index (χ2v) is 3.42. The minimum atomic E-state index is -0.0990. The van der Waals surface area contributed by atoms with Crippen LogP contribution >= 0.6 is 0 Å². The lowest BCUT2D eigenvalue weighted by Crippen LogP contribution is -2.18. The molecule has 0 saturated heterocycles. The largest absolute Gasteiger partial charge is 0.301 e. The highest BCUT2D eigenvalue weighted by molar-refractivity contribution is 5.73. The summed E-state index contributed by atoms with van der Waals surface area (Å²) >= 11 is 0. The molecule has 4 nitrogen and oxygen atoms in total. The van der Waals surface area contributed by atoms with Gasteiger partial charge >= 0.3 is 0 Å². The van der Waals surface area contributed by atoms with E-state index in [1.165, 1.54) is 10.9 Å². The van der Waals surface area contributed by atoms with Gasteiger partial charge in [-0.2, -0.15) is 0 Å². The summed E-state index contributed by atoms with van der Waals surface area (Å²) in [6.07, 6.45) is 1.52. The van der Waals surface area contributed by atoms with E-state index in [-0.39, 0.29) is 5.56 Å². The highest BCUT2D eigenvalue weighted by atomic mass is 16.1. The maximum Gasteiger partial charge on any atom is 0.279 e. The first kappa shape index (κ1) is 8.87. The third-order valence-electron chi connectivity index (χ3n) is 2.34. The third-order valence-corrected chi connectivity index (χ3v) is 2.34. The van der Waals surface area contributed by atoms with Crippen molar-refractivity contribution in [3.63, 3.8) is 0 Å². The number of nitrogens with zero attached hydrogens (tertiary/aromatic N) is 3. The van der Waals surface area contributed by atoms with Crippen LogP contribution in [0.3, 0.4) is 0 Å². The Bertz CT molecular complexity index is 557. The topological polar surface area (TPSA) is 47.8 Å².